The Labute approximate surface area is 109 Å². The smallest absolute Gasteiger partial charge is 0.140 e. The molecule has 1 aromatic rings. The molecule has 96 valence electrons. The van der Waals surface area contributed by atoms with Crippen molar-refractivity contribution in [1.82, 2.24) is 0 Å². The molecule has 1 aromatic carbocycles. The lowest BCUT2D eigenvalue weighted by atomic mass is 9.62. The molecule has 0 unspecified atom stereocenters. The standard InChI is InChI=1S/C16H21NO/c1-14(2)15(3)8-9-16(14,10-13(15)18)11-4-6-12(17)7-5-11/h4-7H,8-10,17H2,1-3H3/t15-,16+/m1/s1. The summed E-state index contributed by atoms with van der Waals surface area (Å²) in [5.74, 6) is 0.440. The van der Waals surface area contributed by atoms with Crippen LogP contribution in [-0.2, 0) is 10.2 Å². The molecular formula is C16H21NO. The minimum Gasteiger partial charge on any atom is -0.399 e. The molecule has 2 heteroatoms. The Bertz CT molecular complexity index is 516. The fraction of sp³-hybridized carbons (Fsp3) is 0.562. The zero-order chi connectivity index (χ0) is 13.2. The minimum atomic E-state index is -0.144. The summed E-state index contributed by atoms with van der Waals surface area (Å²) in [5, 5.41) is 0. The Balaban J connectivity index is 2.17. The van der Waals surface area contributed by atoms with Crippen LogP contribution in [0.3, 0.4) is 0 Å². The van der Waals surface area contributed by atoms with E-state index in [1.807, 2.05) is 12.1 Å². The number of hydrogen-bond acceptors (Lipinski definition) is 2. The van der Waals surface area contributed by atoms with Gasteiger partial charge in [0.15, 0.2) is 0 Å². The van der Waals surface area contributed by atoms with E-state index in [9.17, 15) is 4.79 Å². The molecule has 0 spiro atoms. The monoisotopic (exact) mass is 243 g/mol. The van der Waals surface area contributed by atoms with Crippen LogP contribution < -0.4 is 5.73 Å². The van der Waals surface area contributed by atoms with E-state index in [1.165, 1.54) is 5.56 Å². The van der Waals surface area contributed by atoms with Crippen molar-refractivity contribution in [3.63, 3.8) is 0 Å². The van der Waals surface area contributed by atoms with Crippen LogP contribution in [0, 0.1) is 10.8 Å². The molecule has 2 aliphatic carbocycles. The van der Waals surface area contributed by atoms with Crippen LogP contribution in [0.5, 0.6) is 0 Å². The Morgan fingerprint density at radius 2 is 1.67 bits per heavy atom. The van der Waals surface area contributed by atoms with Crippen molar-refractivity contribution >= 4 is 11.5 Å². The number of Topliss-reactive ketones (excluding diaryl/α,β-unsaturated/α-hetero) is 1. The van der Waals surface area contributed by atoms with Gasteiger partial charge in [0.05, 0.1) is 0 Å². The minimum absolute atomic E-state index is 0.0204. The quantitative estimate of drug-likeness (QED) is 0.769. The van der Waals surface area contributed by atoms with Gasteiger partial charge in [-0.05, 0) is 36.0 Å². The molecule has 0 aliphatic heterocycles. The van der Waals surface area contributed by atoms with E-state index in [1.54, 1.807) is 0 Å². The van der Waals surface area contributed by atoms with E-state index in [0.29, 0.717) is 12.2 Å². The normalized spacial score (nSPS) is 37.2. The van der Waals surface area contributed by atoms with Crippen molar-refractivity contribution in [3.8, 4) is 0 Å². The number of carbonyl (C=O) groups excluding carboxylic acids is 1. The van der Waals surface area contributed by atoms with Crippen LogP contribution in [0.15, 0.2) is 24.3 Å². The molecular weight excluding hydrogens is 222 g/mol. The summed E-state index contributed by atoms with van der Waals surface area (Å²) >= 11 is 0. The number of rotatable bonds is 1. The molecule has 18 heavy (non-hydrogen) atoms. The van der Waals surface area contributed by atoms with Crippen molar-refractivity contribution < 1.29 is 4.79 Å². The number of fused-ring (bicyclic) bond motifs is 2. The molecule has 0 radical (unpaired) electrons. The molecule has 0 aromatic heterocycles. The molecule has 0 amide bonds. The van der Waals surface area contributed by atoms with E-state index in [-0.39, 0.29) is 16.2 Å². The number of benzene rings is 1. The van der Waals surface area contributed by atoms with Gasteiger partial charge in [-0.3, -0.25) is 4.79 Å². The first-order valence-electron chi connectivity index (χ1n) is 6.73. The van der Waals surface area contributed by atoms with E-state index in [0.717, 1.165) is 18.5 Å². The van der Waals surface area contributed by atoms with Gasteiger partial charge >= 0.3 is 0 Å². The molecule has 2 saturated carbocycles. The van der Waals surface area contributed by atoms with Gasteiger partial charge in [-0.15, -0.1) is 0 Å². The highest BCUT2D eigenvalue weighted by molar-refractivity contribution is 5.91. The molecule has 0 heterocycles. The van der Waals surface area contributed by atoms with Crippen LogP contribution in [0.4, 0.5) is 5.69 Å². The van der Waals surface area contributed by atoms with E-state index >= 15 is 0 Å². The second-order valence-electron chi connectivity index (χ2n) is 6.76. The lowest BCUT2D eigenvalue weighted by Crippen LogP contribution is -2.38. The SMILES string of the molecule is CC1(C)[C@@]2(c3ccc(N)cc3)CC[C@]1(C)C(=O)C2. The molecule has 2 aliphatic rings. The second kappa shape index (κ2) is 3.17. The predicted octanol–water partition coefficient (Wildman–Crippen LogP) is 3.31. The molecule has 2 N–H and O–H groups in total. The summed E-state index contributed by atoms with van der Waals surface area (Å²) in [6.07, 6.45) is 2.83. The van der Waals surface area contributed by atoms with E-state index in [4.69, 9.17) is 5.73 Å². The number of nitrogen functional groups attached to an aromatic ring is 1. The molecule has 3 rings (SSSR count). The third-order valence-electron chi connectivity index (χ3n) is 6.17. The summed E-state index contributed by atoms with van der Waals surface area (Å²) in [7, 11) is 0. The number of hydrogen-bond donors (Lipinski definition) is 1. The van der Waals surface area contributed by atoms with Crippen molar-refractivity contribution in [1.29, 1.82) is 0 Å². The van der Waals surface area contributed by atoms with Crippen molar-refractivity contribution in [2.24, 2.45) is 10.8 Å². The number of nitrogens with two attached hydrogens (primary N) is 1. The van der Waals surface area contributed by atoms with Gasteiger partial charge in [-0.25, -0.2) is 0 Å². The number of carbonyl (C=O) groups is 1. The average Bonchev–Trinajstić information content (AvgIpc) is 2.60. The lowest BCUT2D eigenvalue weighted by molar-refractivity contribution is -0.128. The van der Waals surface area contributed by atoms with Gasteiger partial charge in [-0.2, -0.15) is 0 Å². The fourth-order valence-corrected chi connectivity index (χ4v) is 4.29. The van der Waals surface area contributed by atoms with E-state index in [2.05, 4.69) is 32.9 Å². The Kier molecular flexibility index (Phi) is 2.07. The lowest BCUT2D eigenvalue weighted by Gasteiger charge is -2.40. The van der Waals surface area contributed by atoms with Crippen LogP contribution in [0.1, 0.15) is 45.6 Å². The first-order valence-corrected chi connectivity index (χ1v) is 6.73. The van der Waals surface area contributed by atoms with Gasteiger partial charge in [0.2, 0.25) is 0 Å². The number of anilines is 1. The van der Waals surface area contributed by atoms with Gasteiger partial charge in [0.25, 0.3) is 0 Å². The summed E-state index contributed by atoms with van der Waals surface area (Å²) in [5.41, 5.74) is 7.76. The summed E-state index contributed by atoms with van der Waals surface area (Å²) in [6.45, 7) is 6.68. The zero-order valence-electron chi connectivity index (χ0n) is 11.4. The van der Waals surface area contributed by atoms with E-state index < -0.39 is 0 Å². The van der Waals surface area contributed by atoms with Crippen LogP contribution in [-0.4, -0.2) is 5.78 Å². The fourth-order valence-electron chi connectivity index (χ4n) is 4.29. The largest absolute Gasteiger partial charge is 0.399 e. The highest BCUT2D eigenvalue weighted by Gasteiger charge is 2.69. The average molecular weight is 243 g/mol. The topological polar surface area (TPSA) is 43.1 Å². The maximum Gasteiger partial charge on any atom is 0.140 e. The van der Waals surface area contributed by atoms with Crippen molar-refractivity contribution in [2.45, 2.75) is 45.4 Å². The molecule has 2 atom stereocenters. The first kappa shape index (κ1) is 11.8. The Morgan fingerprint density at radius 3 is 2.11 bits per heavy atom. The maximum absolute atomic E-state index is 12.4. The first-order chi connectivity index (χ1) is 8.33. The maximum atomic E-state index is 12.4. The van der Waals surface area contributed by atoms with Gasteiger partial charge < -0.3 is 5.73 Å². The third kappa shape index (κ3) is 1.07. The number of ketones is 1. The van der Waals surface area contributed by atoms with Crippen molar-refractivity contribution in [2.75, 3.05) is 5.73 Å². The molecule has 2 fully saturated rings. The Hall–Kier alpha value is -1.31. The second-order valence-corrected chi connectivity index (χ2v) is 6.76. The highest BCUT2D eigenvalue weighted by atomic mass is 16.1. The van der Waals surface area contributed by atoms with Crippen LogP contribution >= 0.6 is 0 Å². The highest BCUT2D eigenvalue weighted by Crippen LogP contribution is 2.70. The third-order valence-corrected chi connectivity index (χ3v) is 6.17. The summed E-state index contributed by atoms with van der Waals surface area (Å²) in [4.78, 5) is 12.4. The molecule has 2 bridgehead atoms. The molecule has 2 nitrogen and oxygen atoms in total. The van der Waals surface area contributed by atoms with Crippen LogP contribution in [0.25, 0.3) is 0 Å². The summed E-state index contributed by atoms with van der Waals surface area (Å²) < 4.78 is 0. The van der Waals surface area contributed by atoms with Gasteiger partial charge in [-0.1, -0.05) is 32.9 Å². The van der Waals surface area contributed by atoms with Gasteiger partial charge in [0, 0.05) is 22.9 Å². The Morgan fingerprint density at radius 1 is 1.06 bits per heavy atom. The van der Waals surface area contributed by atoms with Gasteiger partial charge in [0.1, 0.15) is 5.78 Å². The molecule has 0 saturated heterocycles. The zero-order valence-corrected chi connectivity index (χ0v) is 11.4. The summed E-state index contributed by atoms with van der Waals surface area (Å²) in [6, 6.07) is 8.14. The van der Waals surface area contributed by atoms with Crippen LogP contribution in [0.2, 0.25) is 0 Å². The van der Waals surface area contributed by atoms with Crippen molar-refractivity contribution in [3.05, 3.63) is 29.8 Å². The predicted molar refractivity (Wildman–Crippen MR) is 73.3 cm³/mol.